The summed E-state index contributed by atoms with van der Waals surface area (Å²) in [6.45, 7) is 0. The molecule has 0 aliphatic rings. The van der Waals surface area contributed by atoms with Crippen molar-refractivity contribution in [1.29, 1.82) is 0 Å². The van der Waals surface area contributed by atoms with E-state index in [0.717, 1.165) is 6.07 Å². The van der Waals surface area contributed by atoms with Crippen LogP contribution in [0.2, 0.25) is 0 Å². The van der Waals surface area contributed by atoms with Crippen LogP contribution in [-0.2, 0) is 0 Å². The van der Waals surface area contributed by atoms with Crippen molar-refractivity contribution in [2.75, 3.05) is 14.1 Å². The van der Waals surface area contributed by atoms with E-state index in [-0.39, 0.29) is 11.5 Å². The minimum absolute atomic E-state index is 0.233. The summed E-state index contributed by atoms with van der Waals surface area (Å²) in [6.07, 6.45) is 3.36. The van der Waals surface area contributed by atoms with Crippen LogP contribution in [0.1, 0.15) is 10.4 Å². The van der Waals surface area contributed by atoms with E-state index in [0.29, 0.717) is 0 Å². The SMILES string of the molecule is CN(C)C(=O)c1cn[c]c(F)c1. The van der Waals surface area contributed by atoms with Gasteiger partial charge in [0.1, 0.15) is 6.20 Å². The molecule has 0 aliphatic heterocycles. The van der Waals surface area contributed by atoms with Crippen molar-refractivity contribution >= 4 is 5.91 Å². The zero-order valence-electron chi connectivity index (χ0n) is 6.84. The highest BCUT2D eigenvalue weighted by molar-refractivity contribution is 5.93. The van der Waals surface area contributed by atoms with E-state index < -0.39 is 5.82 Å². The van der Waals surface area contributed by atoms with Gasteiger partial charge in [0, 0.05) is 20.3 Å². The molecule has 0 fully saturated rings. The van der Waals surface area contributed by atoms with E-state index in [9.17, 15) is 9.18 Å². The molecule has 1 amide bonds. The van der Waals surface area contributed by atoms with Crippen LogP contribution in [0.3, 0.4) is 0 Å². The lowest BCUT2D eigenvalue weighted by Crippen LogP contribution is -2.21. The number of halogens is 1. The van der Waals surface area contributed by atoms with Crippen molar-refractivity contribution in [3.63, 3.8) is 0 Å². The normalized spacial score (nSPS) is 9.58. The highest BCUT2D eigenvalue weighted by atomic mass is 19.1. The van der Waals surface area contributed by atoms with E-state index in [1.165, 1.54) is 11.1 Å². The van der Waals surface area contributed by atoms with Gasteiger partial charge in [0.05, 0.1) is 5.56 Å². The van der Waals surface area contributed by atoms with Gasteiger partial charge in [0.15, 0.2) is 5.82 Å². The molecular weight excluding hydrogens is 159 g/mol. The number of rotatable bonds is 1. The third kappa shape index (κ3) is 1.78. The summed E-state index contributed by atoms with van der Waals surface area (Å²) in [5.74, 6) is -0.891. The first-order valence-electron chi connectivity index (χ1n) is 3.36. The molecule has 0 N–H and O–H groups in total. The fourth-order valence-electron chi connectivity index (χ4n) is 0.745. The van der Waals surface area contributed by atoms with E-state index in [4.69, 9.17) is 0 Å². The second kappa shape index (κ2) is 3.30. The summed E-state index contributed by atoms with van der Waals surface area (Å²) in [5, 5.41) is 0. The van der Waals surface area contributed by atoms with E-state index in [1.54, 1.807) is 14.1 Å². The van der Waals surface area contributed by atoms with Gasteiger partial charge in [-0.1, -0.05) is 0 Å². The minimum atomic E-state index is -0.622. The van der Waals surface area contributed by atoms with E-state index >= 15 is 0 Å². The van der Waals surface area contributed by atoms with Gasteiger partial charge in [-0.05, 0) is 6.07 Å². The zero-order chi connectivity index (χ0) is 9.14. The number of amides is 1. The molecule has 3 nitrogen and oxygen atoms in total. The number of nitrogens with zero attached hydrogens (tertiary/aromatic N) is 2. The van der Waals surface area contributed by atoms with E-state index in [2.05, 4.69) is 11.2 Å². The molecule has 0 unspecified atom stereocenters. The van der Waals surface area contributed by atoms with Crippen LogP contribution in [0.4, 0.5) is 4.39 Å². The van der Waals surface area contributed by atoms with Gasteiger partial charge in [-0.25, -0.2) is 4.39 Å². The van der Waals surface area contributed by atoms with Crippen LogP contribution in [0.15, 0.2) is 12.3 Å². The third-order valence-electron chi connectivity index (χ3n) is 1.31. The Morgan fingerprint density at radius 1 is 1.67 bits per heavy atom. The highest BCUT2D eigenvalue weighted by Crippen LogP contribution is 2.02. The number of hydrogen-bond donors (Lipinski definition) is 0. The Morgan fingerprint density at radius 2 is 2.33 bits per heavy atom. The molecule has 12 heavy (non-hydrogen) atoms. The predicted octanol–water partition coefficient (Wildman–Crippen LogP) is 0.723. The van der Waals surface area contributed by atoms with Crippen molar-refractivity contribution in [1.82, 2.24) is 9.88 Å². The Labute approximate surface area is 69.8 Å². The molecule has 0 saturated heterocycles. The number of aromatic nitrogens is 1. The maximum absolute atomic E-state index is 12.5. The molecule has 0 aromatic carbocycles. The Bertz CT molecular complexity index is 299. The average Bonchev–Trinajstić information content (AvgIpc) is 2.03. The van der Waals surface area contributed by atoms with Gasteiger partial charge in [-0.2, -0.15) is 0 Å². The fraction of sp³-hybridized carbons (Fsp3) is 0.250. The molecule has 0 saturated carbocycles. The summed E-state index contributed by atoms with van der Waals surface area (Å²) < 4.78 is 12.5. The lowest BCUT2D eigenvalue weighted by atomic mass is 10.2. The van der Waals surface area contributed by atoms with Gasteiger partial charge in [0.2, 0.25) is 0 Å². The summed E-state index contributed by atoms with van der Waals surface area (Å²) in [4.78, 5) is 16.0. The second-order valence-electron chi connectivity index (χ2n) is 2.52. The second-order valence-corrected chi connectivity index (χ2v) is 2.52. The van der Waals surface area contributed by atoms with Crippen LogP contribution in [0.5, 0.6) is 0 Å². The van der Waals surface area contributed by atoms with Gasteiger partial charge in [-0.15, -0.1) is 0 Å². The lowest BCUT2D eigenvalue weighted by Gasteiger charge is -2.08. The molecule has 1 rings (SSSR count). The molecular formula is C8H8FN2O. The maximum Gasteiger partial charge on any atom is 0.255 e. The lowest BCUT2D eigenvalue weighted by molar-refractivity contribution is 0.0826. The molecule has 0 spiro atoms. The van der Waals surface area contributed by atoms with Crippen molar-refractivity contribution in [3.05, 3.63) is 29.8 Å². The first-order valence-corrected chi connectivity index (χ1v) is 3.36. The first kappa shape index (κ1) is 8.64. The van der Waals surface area contributed by atoms with Crippen LogP contribution in [0.25, 0.3) is 0 Å². The van der Waals surface area contributed by atoms with Crippen LogP contribution in [-0.4, -0.2) is 29.9 Å². The Morgan fingerprint density at radius 3 is 2.83 bits per heavy atom. The van der Waals surface area contributed by atoms with Gasteiger partial charge >= 0.3 is 0 Å². The smallest absolute Gasteiger partial charge is 0.255 e. The van der Waals surface area contributed by atoms with Gasteiger partial charge in [0.25, 0.3) is 5.91 Å². The molecule has 1 aromatic rings. The maximum atomic E-state index is 12.5. The molecule has 1 aromatic heterocycles. The number of pyridine rings is 1. The largest absolute Gasteiger partial charge is 0.345 e. The average molecular weight is 167 g/mol. The van der Waals surface area contributed by atoms with Crippen LogP contribution in [0, 0.1) is 12.0 Å². The summed E-state index contributed by atoms with van der Waals surface area (Å²) in [6, 6.07) is 1.11. The molecule has 1 heterocycles. The summed E-state index contributed by atoms with van der Waals surface area (Å²) >= 11 is 0. The Balaban J connectivity index is 2.96. The Hall–Kier alpha value is -1.45. The zero-order valence-corrected chi connectivity index (χ0v) is 6.84. The third-order valence-corrected chi connectivity index (χ3v) is 1.31. The monoisotopic (exact) mass is 167 g/mol. The Kier molecular flexibility index (Phi) is 2.38. The predicted molar refractivity (Wildman–Crippen MR) is 41.0 cm³/mol. The quantitative estimate of drug-likeness (QED) is 0.617. The molecule has 0 bridgehead atoms. The molecule has 63 valence electrons. The van der Waals surface area contributed by atoms with Gasteiger partial charge < -0.3 is 4.90 Å². The highest BCUT2D eigenvalue weighted by Gasteiger charge is 2.08. The summed E-state index contributed by atoms with van der Waals surface area (Å²) in [5.41, 5.74) is 0.233. The topological polar surface area (TPSA) is 33.2 Å². The molecule has 0 atom stereocenters. The van der Waals surface area contributed by atoms with Crippen LogP contribution < -0.4 is 0 Å². The van der Waals surface area contributed by atoms with Crippen molar-refractivity contribution in [2.24, 2.45) is 0 Å². The van der Waals surface area contributed by atoms with Gasteiger partial charge in [-0.3, -0.25) is 9.78 Å². The number of carbonyl (C=O) groups excluding carboxylic acids is 1. The standard InChI is InChI=1S/C8H8FN2O/c1-11(2)8(12)6-3-7(9)5-10-4-6/h3-4H,1-2H3. The minimum Gasteiger partial charge on any atom is -0.345 e. The first-order chi connectivity index (χ1) is 5.61. The van der Waals surface area contributed by atoms with Crippen LogP contribution >= 0.6 is 0 Å². The summed E-state index contributed by atoms with van der Waals surface area (Å²) in [7, 11) is 3.19. The fourth-order valence-corrected chi connectivity index (χ4v) is 0.745. The van der Waals surface area contributed by atoms with E-state index in [1.807, 2.05) is 0 Å². The molecule has 4 heteroatoms. The molecule has 1 radical (unpaired) electrons. The number of carbonyl (C=O) groups is 1. The molecule has 0 aliphatic carbocycles. The van der Waals surface area contributed by atoms with Crippen molar-refractivity contribution in [3.8, 4) is 0 Å². The number of hydrogen-bond acceptors (Lipinski definition) is 2. The van der Waals surface area contributed by atoms with Crippen molar-refractivity contribution < 1.29 is 9.18 Å². The van der Waals surface area contributed by atoms with Crippen molar-refractivity contribution in [2.45, 2.75) is 0 Å².